The van der Waals surface area contributed by atoms with E-state index in [0.29, 0.717) is 30.8 Å². The van der Waals surface area contributed by atoms with E-state index in [4.69, 9.17) is 4.74 Å². The fraction of sp³-hybridized carbons (Fsp3) is 0.524. The lowest BCUT2D eigenvalue weighted by Crippen LogP contribution is -2.38. The molecular formula is C21H28N2O3. The number of carbonyl (C=O) groups is 2. The zero-order valence-corrected chi connectivity index (χ0v) is 15.7. The minimum Gasteiger partial charge on any atom is -0.379 e. The average Bonchev–Trinajstić information content (AvgIpc) is 2.90. The Morgan fingerprint density at radius 3 is 2.35 bits per heavy atom. The minimum atomic E-state index is -0.175. The molecule has 0 atom stereocenters. The normalized spacial score (nSPS) is 18.4. The van der Waals surface area contributed by atoms with Crippen molar-refractivity contribution in [2.45, 2.75) is 45.6 Å². The Bertz CT molecular complexity index is 676. The molecule has 0 saturated carbocycles. The standard InChI is InChI=1S/C21H28N2O3/c1-16(2)26-15-9-14-23-20(24)18(17-10-5-3-6-11-17)19(21(23)25)22-12-7-4-8-13-22/h3,5-6,10-11,16H,4,7-9,12-15H2,1-2H3. The third-order valence-corrected chi connectivity index (χ3v) is 4.86. The van der Waals surface area contributed by atoms with Crippen molar-refractivity contribution in [2.24, 2.45) is 0 Å². The van der Waals surface area contributed by atoms with Crippen molar-refractivity contribution in [3.63, 3.8) is 0 Å². The zero-order chi connectivity index (χ0) is 18.5. The highest BCUT2D eigenvalue weighted by Crippen LogP contribution is 2.33. The highest BCUT2D eigenvalue weighted by Gasteiger charge is 2.41. The van der Waals surface area contributed by atoms with Crippen molar-refractivity contribution < 1.29 is 14.3 Å². The molecule has 0 bridgehead atoms. The molecule has 26 heavy (non-hydrogen) atoms. The van der Waals surface area contributed by atoms with E-state index in [-0.39, 0.29) is 17.9 Å². The van der Waals surface area contributed by atoms with E-state index in [9.17, 15) is 9.59 Å². The van der Waals surface area contributed by atoms with Gasteiger partial charge in [-0.3, -0.25) is 14.5 Å². The number of amides is 2. The van der Waals surface area contributed by atoms with Gasteiger partial charge in [-0.1, -0.05) is 30.3 Å². The van der Waals surface area contributed by atoms with Gasteiger partial charge in [-0.15, -0.1) is 0 Å². The van der Waals surface area contributed by atoms with Crippen molar-refractivity contribution in [2.75, 3.05) is 26.2 Å². The van der Waals surface area contributed by atoms with Crippen molar-refractivity contribution >= 4 is 17.4 Å². The number of rotatable bonds is 7. The van der Waals surface area contributed by atoms with Crippen LogP contribution in [0, 0.1) is 0 Å². The SMILES string of the molecule is CC(C)OCCCN1C(=O)C(c2ccccc2)=C(N2CCCCC2)C1=O. The van der Waals surface area contributed by atoms with Gasteiger partial charge < -0.3 is 9.64 Å². The molecule has 0 aliphatic carbocycles. The van der Waals surface area contributed by atoms with Crippen LogP contribution in [0.4, 0.5) is 0 Å². The van der Waals surface area contributed by atoms with Crippen molar-refractivity contribution in [1.29, 1.82) is 0 Å². The Morgan fingerprint density at radius 2 is 1.69 bits per heavy atom. The van der Waals surface area contributed by atoms with Crippen LogP contribution in [0.1, 0.15) is 45.1 Å². The van der Waals surface area contributed by atoms with Crippen molar-refractivity contribution in [3.05, 3.63) is 41.6 Å². The van der Waals surface area contributed by atoms with E-state index in [1.165, 1.54) is 11.3 Å². The number of carbonyl (C=O) groups excluding carboxylic acids is 2. The van der Waals surface area contributed by atoms with Crippen LogP contribution in [0.25, 0.3) is 5.57 Å². The first-order chi connectivity index (χ1) is 12.6. The number of nitrogens with zero attached hydrogens (tertiary/aromatic N) is 2. The molecule has 0 aromatic heterocycles. The van der Waals surface area contributed by atoms with Gasteiger partial charge in [-0.05, 0) is 45.1 Å². The lowest BCUT2D eigenvalue weighted by molar-refractivity contribution is -0.137. The summed E-state index contributed by atoms with van der Waals surface area (Å²) in [7, 11) is 0. The highest BCUT2D eigenvalue weighted by atomic mass is 16.5. The molecule has 2 heterocycles. The monoisotopic (exact) mass is 356 g/mol. The maximum atomic E-state index is 13.1. The number of hydrogen-bond donors (Lipinski definition) is 0. The zero-order valence-electron chi connectivity index (χ0n) is 15.7. The van der Waals surface area contributed by atoms with E-state index in [2.05, 4.69) is 4.90 Å². The lowest BCUT2D eigenvalue weighted by Gasteiger charge is -2.29. The highest BCUT2D eigenvalue weighted by molar-refractivity contribution is 6.35. The second kappa shape index (κ2) is 8.49. The molecule has 3 rings (SSSR count). The van der Waals surface area contributed by atoms with Crippen molar-refractivity contribution in [3.8, 4) is 0 Å². The van der Waals surface area contributed by atoms with E-state index in [0.717, 1.165) is 31.5 Å². The van der Waals surface area contributed by atoms with Crippen LogP contribution in [0.3, 0.4) is 0 Å². The largest absolute Gasteiger partial charge is 0.379 e. The Balaban J connectivity index is 1.83. The maximum absolute atomic E-state index is 13.1. The molecule has 5 nitrogen and oxygen atoms in total. The molecule has 1 fully saturated rings. The summed E-state index contributed by atoms with van der Waals surface area (Å²) in [5.41, 5.74) is 1.97. The first-order valence-corrected chi connectivity index (χ1v) is 9.62. The van der Waals surface area contributed by atoms with Gasteiger partial charge in [-0.2, -0.15) is 0 Å². The van der Waals surface area contributed by atoms with Gasteiger partial charge in [0.05, 0.1) is 11.7 Å². The summed E-state index contributed by atoms with van der Waals surface area (Å²) in [6.07, 6.45) is 4.13. The fourth-order valence-electron chi connectivity index (χ4n) is 3.58. The van der Waals surface area contributed by atoms with Gasteiger partial charge >= 0.3 is 0 Å². The van der Waals surface area contributed by atoms with Crippen LogP contribution < -0.4 is 0 Å². The predicted octanol–water partition coefficient (Wildman–Crippen LogP) is 3.07. The lowest BCUT2D eigenvalue weighted by atomic mass is 10.0. The predicted molar refractivity (Wildman–Crippen MR) is 101 cm³/mol. The summed E-state index contributed by atoms with van der Waals surface area (Å²) in [5, 5.41) is 0. The van der Waals surface area contributed by atoms with Crippen LogP contribution in [0.2, 0.25) is 0 Å². The Kier molecular flexibility index (Phi) is 6.09. The second-order valence-electron chi connectivity index (χ2n) is 7.17. The Labute approximate surface area is 155 Å². The van der Waals surface area contributed by atoms with Gasteiger partial charge in [0.15, 0.2) is 0 Å². The first kappa shape index (κ1) is 18.6. The fourth-order valence-corrected chi connectivity index (χ4v) is 3.58. The first-order valence-electron chi connectivity index (χ1n) is 9.62. The molecule has 0 spiro atoms. The van der Waals surface area contributed by atoms with E-state index < -0.39 is 0 Å². The smallest absolute Gasteiger partial charge is 0.277 e. The number of benzene rings is 1. The van der Waals surface area contributed by atoms with Crippen molar-refractivity contribution in [1.82, 2.24) is 9.80 Å². The molecule has 5 heteroatoms. The average molecular weight is 356 g/mol. The number of likely N-dealkylation sites (tertiary alicyclic amines) is 1. The summed E-state index contributed by atoms with van der Waals surface area (Å²) >= 11 is 0. The third-order valence-electron chi connectivity index (χ3n) is 4.86. The maximum Gasteiger partial charge on any atom is 0.277 e. The van der Waals surface area contributed by atoms with Crippen LogP contribution in [-0.4, -0.2) is 54.0 Å². The minimum absolute atomic E-state index is 0.152. The summed E-state index contributed by atoms with van der Waals surface area (Å²) in [5.74, 6) is -0.327. The summed E-state index contributed by atoms with van der Waals surface area (Å²) < 4.78 is 5.55. The van der Waals surface area contributed by atoms with E-state index >= 15 is 0 Å². The van der Waals surface area contributed by atoms with E-state index in [1.807, 2.05) is 44.2 Å². The molecule has 1 aromatic carbocycles. The third kappa shape index (κ3) is 3.98. The van der Waals surface area contributed by atoms with Crippen LogP contribution in [0.15, 0.2) is 36.0 Å². The number of imide groups is 1. The number of piperidine rings is 1. The van der Waals surface area contributed by atoms with Gasteiger partial charge in [0.1, 0.15) is 5.70 Å². The molecule has 2 aliphatic heterocycles. The van der Waals surface area contributed by atoms with Gasteiger partial charge in [0.25, 0.3) is 11.8 Å². The molecule has 0 radical (unpaired) electrons. The number of ether oxygens (including phenoxy) is 1. The quantitative estimate of drug-likeness (QED) is 0.556. The molecule has 2 amide bonds. The van der Waals surface area contributed by atoms with Crippen LogP contribution >= 0.6 is 0 Å². The number of hydrogen-bond acceptors (Lipinski definition) is 4. The molecule has 140 valence electrons. The topological polar surface area (TPSA) is 49.9 Å². The van der Waals surface area contributed by atoms with Gasteiger partial charge in [0.2, 0.25) is 0 Å². The van der Waals surface area contributed by atoms with E-state index in [1.54, 1.807) is 0 Å². The van der Waals surface area contributed by atoms with Gasteiger partial charge in [0, 0.05) is 26.2 Å². The van der Waals surface area contributed by atoms with Gasteiger partial charge in [-0.25, -0.2) is 0 Å². The summed E-state index contributed by atoms with van der Waals surface area (Å²) in [6, 6.07) is 9.57. The molecule has 1 aromatic rings. The van der Waals surface area contributed by atoms with Crippen LogP contribution in [0.5, 0.6) is 0 Å². The molecular weight excluding hydrogens is 328 g/mol. The summed E-state index contributed by atoms with van der Waals surface area (Å²) in [4.78, 5) is 29.7. The van der Waals surface area contributed by atoms with Crippen LogP contribution in [-0.2, 0) is 14.3 Å². The Hall–Kier alpha value is -2.14. The molecule has 0 unspecified atom stereocenters. The Morgan fingerprint density at radius 1 is 1.00 bits per heavy atom. The molecule has 2 aliphatic rings. The summed E-state index contributed by atoms with van der Waals surface area (Å²) in [6.45, 7) is 6.60. The molecule has 0 N–H and O–H groups in total. The second-order valence-corrected chi connectivity index (χ2v) is 7.17. The molecule has 1 saturated heterocycles.